The molecule has 0 spiro atoms. The molecule has 1 rings (SSSR count). The van der Waals surface area contributed by atoms with Crippen molar-refractivity contribution in [2.24, 2.45) is 0 Å². The molecule has 0 radical (unpaired) electrons. The van der Waals surface area contributed by atoms with Crippen molar-refractivity contribution in [1.82, 2.24) is 0 Å². The third-order valence-corrected chi connectivity index (χ3v) is 2.93. The standard InChI is InChI=1S/C9H10BrF3N2S/c10-6-1-2-7(14)8(5-6)15-3-4-16-9(11,12)13/h1-2,5,15H,3-4,14H2. The molecule has 7 heteroatoms. The van der Waals surface area contributed by atoms with Crippen LogP contribution >= 0.6 is 27.7 Å². The summed E-state index contributed by atoms with van der Waals surface area (Å²) in [6.07, 6.45) is 0. The molecule has 1 aromatic rings. The highest BCUT2D eigenvalue weighted by Gasteiger charge is 2.27. The number of benzene rings is 1. The van der Waals surface area contributed by atoms with Crippen molar-refractivity contribution < 1.29 is 13.2 Å². The monoisotopic (exact) mass is 314 g/mol. The fourth-order valence-corrected chi connectivity index (χ4v) is 1.83. The number of thioether (sulfide) groups is 1. The first kappa shape index (κ1) is 13.5. The predicted molar refractivity (Wildman–Crippen MR) is 65.6 cm³/mol. The second-order valence-corrected chi connectivity index (χ2v) is 5.03. The maximum absolute atomic E-state index is 11.8. The van der Waals surface area contributed by atoms with Crippen molar-refractivity contribution >= 4 is 39.1 Å². The van der Waals surface area contributed by atoms with E-state index in [1.54, 1.807) is 18.2 Å². The van der Waals surface area contributed by atoms with Crippen molar-refractivity contribution in [3.63, 3.8) is 0 Å². The minimum atomic E-state index is -4.18. The van der Waals surface area contributed by atoms with Crippen molar-refractivity contribution in [2.45, 2.75) is 5.51 Å². The number of alkyl halides is 3. The molecule has 2 nitrogen and oxygen atoms in total. The van der Waals surface area contributed by atoms with E-state index in [2.05, 4.69) is 21.2 Å². The molecule has 0 aromatic heterocycles. The first-order valence-electron chi connectivity index (χ1n) is 4.38. The Labute approximate surface area is 104 Å². The predicted octanol–water partition coefficient (Wildman–Crippen LogP) is 3.70. The smallest absolute Gasteiger partial charge is 0.397 e. The molecule has 0 unspecified atom stereocenters. The summed E-state index contributed by atoms with van der Waals surface area (Å²) in [5.41, 5.74) is 2.62. The summed E-state index contributed by atoms with van der Waals surface area (Å²) in [5.74, 6) is -0.0462. The molecule has 16 heavy (non-hydrogen) atoms. The Kier molecular flexibility index (Phi) is 4.79. The van der Waals surface area contributed by atoms with Gasteiger partial charge in [0.25, 0.3) is 0 Å². The van der Waals surface area contributed by atoms with Gasteiger partial charge in [-0.05, 0) is 30.0 Å². The van der Waals surface area contributed by atoms with E-state index in [-0.39, 0.29) is 24.1 Å². The van der Waals surface area contributed by atoms with E-state index in [1.807, 2.05) is 0 Å². The molecule has 0 saturated carbocycles. The van der Waals surface area contributed by atoms with Crippen molar-refractivity contribution in [3.05, 3.63) is 22.7 Å². The number of nitrogens with one attached hydrogen (secondary N) is 1. The molecular formula is C9H10BrF3N2S. The lowest BCUT2D eigenvalue weighted by Crippen LogP contribution is -2.10. The van der Waals surface area contributed by atoms with Gasteiger partial charge in [0.2, 0.25) is 0 Å². The van der Waals surface area contributed by atoms with Gasteiger partial charge >= 0.3 is 5.51 Å². The van der Waals surface area contributed by atoms with E-state index in [0.717, 1.165) is 4.47 Å². The summed E-state index contributed by atoms with van der Waals surface area (Å²) in [6, 6.07) is 5.18. The van der Waals surface area contributed by atoms with Gasteiger partial charge in [0.1, 0.15) is 0 Å². The van der Waals surface area contributed by atoms with Gasteiger partial charge in [0.15, 0.2) is 0 Å². The number of nitrogen functional groups attached to an aromatic ring is 1. The number of anilines is 2. The minimum Gasteiger partial charge on any atom is -0.397 e. The van der Waals surface area contributed by atoms with Gasteiger partial charge in [-0.15, -0.1) is 0 Å². The van der Waals surface area contributed by atoms with Crippen molar-refractivity contribution in [2.75, 3.05) is 23.3 Å². The van der Waals surface area contributed by atoms with Crippen LogP contribution in [-0.4, -0.2) is 17.8 Å². The number of halogens is 4. The lowest BCUT2D eigenvalue weighted by molar-refractivity contribution is -0.0327. The maximum Gasteiger partial charge on any atom is 0.441 e. The molecule has 0 fully saturated rings. The van der Waals surface area contributed by atoms with Gasteiger partial charge in [-0.2, -0.15) is 13.2 Å². The minimum absolute atomic E-state index is 0.0462. The number of hydrogen-bond acceptors (Lipinski definition) is 3. The fourth-order valence-electron chi connectivity index (χ4n) is 1.03. The Morgan fingerprint density at radius 1 is 1.38 bits per heavy atom. The average Bonchev–Trinajstić information content (AvgIpc) is 2.16. The van der Waals surface area contributed by atoms with Gasteiger partial charge in [-0.3, -0.25) is 0 Å². The highest BCUT2D eigenvalue weighted by atomic mass is 79.9. The zero-order valence-electron chi connectivity index (χ0n) is 8.14. The van der Waals surface area contributed by atoms with E-state index < -0.39 is 5.51 Å². The first-order chi connectivity index (χ1) is 7.38. The number of hydrogen-bond donors (Lipinski definition) is 2. The highest BCUT2D eigenvalue weighted by molar-refractivity contribution is 9.10. The molecule has 0 saturated heterocycles. The topological polar surface area (TPSA) is 38.0 Å². The molecule has 0 aliphatic carbocycles. The average molecular weight is 315 g/mol. The molecule has 3 N–H and O–H groups in total. The third kappa shape index (κ3) is 4.98. The van der Waals surface area contributed by atoms with Crippen LogP contribution < -0.4 is 11.1 Å². The van der Waals surface area contributed by atoms with E-state index in [4.69, 9.17) is 5.73 Å². The second kappa shape index (κ2) is 5.67. The summed E-state index contributed by atoms with van der Waals surface area (Å²) in [4.78, 5) is 0. The number of rotatable bonds is 4. The Morgan fingerprint density at radius 3 is 2.69 bits per heavy atom. The normalized spacial score (nSPS) is 11.5. The van der Waals surface area contributed by atoms with Gasteiger partial charge in [-0.1, -0.05) is 15.9 Å². The van der Waals surface area contributed by atoms with E-state index in [1.165, 1.54) is 0 Å². The van der Waals surface area contributed by atoms with Crippen LogP contribution in [0, 0.1) is 0 Å². The van der Waals surface area contributed by atoms with Gasteiger partial charge in [-0.25, -0.2) is 0 Å². The van der Waals surface area contributed by atoms with Crippen LogP contribution in [0.15, 0.2) is 22.7 Å². The summed E-state index contributed by atoms with van der Waals surface area (Å²) in [5, 5.41) is 2.85. The Morgan fingerprint density at radius 2 is 2.06 bits per heavy atom. The fraction of sp³-hybridized carbons (Fsp3) is 0.333. The molecule has 0 aliphatic heterocycles. The lowest BCUT2D eigenvalue weighted by Gasteiger charge is -2.10. The lowest BCUT2D eigenvalue weighted by atomic mass is 10.3. The van der Waals surface area contributed by atoms with Gasteiger partial charge in [0, 0.05) is 16.8 Å². The summed E-state index contributed by atoms with van der Waals surface area (Å²) < 4.78 is 36.3. The molecule has 0 atom stereocenters. The van der Waals surface area contributed by atoms with Gasteiger partial charge in [0.05, 0.1) is 11.4 Å². The first-order valence-corrected chi connectivity index (χ1v) is 6.16. The third-order valence-electron chi connectivity index (χ3n) is 1.70. The zero-order valence-corrected chi connectivity index (χ0v) is 10.5. The van der Waals surface area contributed by atoms with Crippen LogP contribution in [0.5, 0.6) is 0 Å². The van der Waals surface area contributed by atoms with Crippen LogP contribution in [0.4, 0.5) is 24.5 Å². The molecule has 1 aromatic carbocycles. The SMILES string of the molecule is Nc1ccc(Br)cc1NCCSC(F)(F)F. The second-order valence-electron chi connectivity index (χ2n) is 2.95. The van der Waals surface area contributed by atoms with Crippen molar-refractivity contribution in [1.29, 1.82) is 0 Å². The number of nitrogens with two attached hydrogens (primary N) is 1. The molecule has 90 valence electrons. The molecular weight excluding hydrogens is 305 g/mol. The summed E-state index contributed by atoms with van der Waals surface area (Å²) in [7, 11) is 0. The van der Waals surface area contributed by atoms with E-state index in [0.29, 0.717) is 11.4 Å². The summed E-state index contributed by atoms with van der Waals surface area (Å²) >= 11 is 3.20. The highest BCUT2D eigenvalue weighted by Crippen LogP contribution is 2.30. The van der Waals surface area contributed by atoms with Crippen LogP contribution in [0.25, 0.3) is 0 Å². The van der Waals surface area contributed by atoms with Crippen LogP contribution in [0.2, 0.25) is 0 Å². The zero-order chi connectivity index (χ0) is 12.2. The van der Waals surface area contributed by atoms with Crippen LogP contribution in [0.3, 0.4) is 0 Å². The van der Waals surface area contributed by atoms with E-state index >= 15 is 0 Å². The molecule has 0 bridgehead atoms. The Hall–Kier alpha value is -0.560. The van der Waals surface area contributed by atoms with Crippen LogP contribution in [-0.2, 0) is 0 Å². The Balaban J connectivity index is 2.40. The summed E-state index contributed by atoms with van der Waals surface area (Å²) in [6.45, 7) is 0.213. The van der Waals surface area contributed by atoms with Crippen LogP contribution in [0.1, 0.15) is 0 Å². The molecule has 0 aliphatic rings. The van der Waals surface area contributed by atoms with Crippen molar-refractivity contribution in [3.8, 4) is 0 Å². The largest absolute Gasteiger partial charge is 0.441 e. The van der Waals surface area contributed by atoms with Gasteiger partial charge < -0.3 is 11.1 Å². The molecule has 0 amide bonds. The van der Waals surface area contributed by atoms with E-state index in [9.17, 15) is 13.2 Å². The maximum atomic E-state index is 11.8. The quantitative estimate of drug-likeness (QED) is 0.657. The molecule has 0 heterocycles. The Bertz CT molecular complexity index is 357.